The third-order valence-electron chi connectivity index (χ3n) is 2.15. The average Bonchev–Trinajstić information content (AvgIpc) is 2.16. The van der Waals surface area contributed by atoms with Crippen LogP contribution in [0, 0.1) is 13.8 Å². The van der Waals surface area contributed by atoms with Crippen LogP contribution in [0.15, 0.2) is 18.2 Å². The molecule has 0 aliphatic carbocycles. The first kappa shape index (κ1) is 13.6. The summed E-state index contributed by atoms with van der Waals surface area (Å²) in [5.41, 5.74) is 1.88. The van der Waals surface area contributed by atoms with Crippen molar-refractivity contribution in [3.63, 3.8) is 0 Å². The standard InChI is InChI=1S/C8H10O.2C2H5.Zn/c1-6-4-3-5-7(2)8(6)9;2*1-2;/h3-5,9H,1-2H3;2*1H2,2H3;. The van der Waals surface area contributed by atoms with Gasteiger partial charge < -0.3 is 5.11 Å². The Bertz CT molecular complexity index is 236. The summed E-state index contributed by atoms with van der Waals surface area (Å²) in [5, 5.41) is 12.3. The number of benzene rings is 1. The van der Waals surface area contributed by atoms with Gasteiger partial charge in [0.1, 0.15) is 5.75 Å². The predicted octanol–water partition coefficient (Wildman–Crippen LogP) is 3.95. The minimum atomic E-state index is 0.0972. The molecule has 0 aliphatic rings. The second-order valence-electron chi connectivity index (χ2n) is 3.59. The van der Waals surface area contributed by atoms with Gasteiger partial charge in [-0.05, 0) is 25.0 Å². The van der Waals surface area contributed by atoms with Crippen molar-refractivity contribution in [2.24, 2.45) is 0 Å². The molecule has 0 heterocycles. The van der Waals surface area contributed by atoms with Crippen LogP contribution in [0.1, 0.15) is 25.0 Å². The summed E-state index contributed by atoms with van der Waals surface area (Å²) in [6, 6.07) is 5.72. The van der Waals surface area contributed by atoms with Crippen LogP contribution in [0.5, 0.6) is 5.75 Å². The zero-order valence-corrected chi connectivity index (χ0v) is 12.8. The molecule has 1 nitrogen and oxygen atoms in total. The maximum Gasteiger partial charge on any atom is 0.121 e. The van der Waals surface area contributed by atoms with Crippen LogP contribution in [-0.2, 0) is 17.1 Å². The van der Waals surface area contributed by atoms with E-state index < -0.39 is 0 Å². The zero-order valence-electron chi connectivity index (χ0n) is 9.80. The van der Waals surface area contributed by atoms with E-state index in [1.807, 2.05) is 32.0 Å². The first-order chi connectivity index (χ1) is 6.63. The summed E-state index contributed by atoms with van der Waals surface area (Å²) < 4.78 is 0. The summed E-state index contributed by atoms with van der Waals surface area (Å²) >= 11 is 0.0972. The molecule has 0 amide bonds. The summed E-state index contributed by atoms with van der Waals surface area (Å²) in [7, 11) is 0. The zero-order chi connectivity index (χ0) is 11.0. The van der Waals surface area contributed by atoms with Crippen LogP contribution in [-0.4, -0.2) is 5.11 Å². The Labute approximate surface area is 95.1 Å². The number of aryl methyl sites for hydroxylation is 2. The second-order valence-corrected chi connectivity index (χ2v) is 9.27. The van der Waals surface area contributed by atoms with Gasteiger partial charge in [0.25, 0.3) is 0 Å². The van der Waals surface area contributed by atoms with Crippen LogP contribution < -0.4 is 0 Å². The molecule has 0 radical (unpaired) electrons. The molecular formula is C12H20OZn. The van der Waals surface area contributed by atoms with Crippen LogP contribution in [0.25, 0.3) is 0 Å². The first-order valence-electron chi connectivity index (χ1n) is 5.38. The van der Waals surface area contributed by atoms with Gasteiger partial charge in [-0.15, -0.1) is 0 Å². The molecule has 0 saturated carbocycles. The van der Waals surface area contributed by atoms with Gasteiger partial charge in [0, 0.05) is 0 Å². The molecule has 0 bridgehead atoms. The number of phenolic OH excluding ortho intramolecular Hbond substituents is 1. The van der Waals surface area contributed by atoms with Crippen LogP contribution in [0.2, 0.25) is 10.0 Å². The van der Waals surface area contributed by atoms with Gasteiger partial charge in [0.2, 0.25) is 0 Å². The molecule has 76 valence electrons. The minimum Gasteiger partial charge on any atom is -0.507 e. The van der Waals surface area contributed by atoms with Crippen molar-refractivity contribution in [1.29, 1.82) is 0 Å². The average molecular weight is 246 g/mol. The van der Waals surface area contributed by atoms with Crippen molar-refractivity contribution in [3.05, 3.63) is 29.3 Å². The van der Waals surface area contributed by atoms with Gasteiger partial charge in [0.05, 0.1) is 0 Å². The number of rotatable bonds is 2. The van der Waals surface area contributed by atoms with Crippen molar-refractivity contribution in [1.82, 2.24) is 0 Å². The van der Waals surface area contributed by atoms with Crippen LogP contribution >= 0.6 is 0 Å². The fourth-order valence-corrected chi connectivity index (χ4v) is 2.64. The molecule has 2 heteroatoms. The van der Waals surface area contributed by atoms with E-state index in [0.717, 1.165) is 11.1 Å². The smallest absolute Gasteiger partial charge is 0.121 e. The monoisotopic (exact) mass is 244 g/mol. The molecule has 0 atom stereocenters. The molecule has 14 heavy (non-hydrogen) atoms. The summed E-state index contributed by atoms with van der Waals surface area (Å²) in [5.74, 6) is 0.414. The number of phenols is 1. The van der Waals surface area contributed by atoms with E-state index in [1.165, 1.54) is 10.0 Å². The fourth-order valence-electron chi connectivity index (χ4n) is 1.16. The van der Waals surface area contributed by atoms with Crippen molar-refractivity contribution in [3.8, 4) is 5.75 Å². The molecule has 0 aromatic heterocycles. The SMILES string of the molecule is C[CH2][Zn][CH2]C.Cc1cccc(C)c1O. The topological polar surface area (TPSA) is 20.2 Å². The molecule has 0 saturated heterocycles. The van der Waals surface area contributed by atoms with E-state index in [9.17, 15) is 5.11 Å². The number of hydrogen-bond donors (Lipinski definition) is 1. The van der Waals surface area contributed by atoms with Crippen molar-refractivity contribution in [2.75, 3.05) is 0 Å². The van der Waals surface area contributed by atoms with Crippen molar-refractivity contribution in [2.45, 2.75) is 37.7 Å². The van der Waals surface area contributed by atoms with Crippen LogP contribution in [0.3, 0.4) is 0 Å². The maximum atomic E-state index is 9.21. The predicted molar refractivity (Wildman–Crippen MR) is 58.5 cm³/mol. The fraction of sp³-hybridized carbons (Fsp3) is 0.500. The van der Waals surface area contributed by atoms with Crippen molar-refractivity contribution >= 4 is 0 Å². The van der Waals surface area contributed by atoms with Crippen LogP contribution in [0.4, 0.5) is 0 Å². The van der Waals surface area contributed by atoms with E-state index in [4.69, 9.17) is 0 Å². The molecule has 0 fully saturated rings. The van der Waals surface area contributed by atoms with Gasteiger partial charge in [-0.3, -0.25) is 0 Å². The Balaban J connectivity index is 0.000000292. The quantitative estimate of drug-likeness (QED) is 0.782. The van der Waals surface area contributed by atoms with Gasteiger partial charge >= 0.3 is 41.0 Å². The summed E-state index contributed by atoms with van der Waals surface area (Å²) in [6.07, 6.45) is 0. The molecular weight excluding hydrogens is 226 g/mol. The first-order valence-corrected chi connectivity index (χ1v) is 9.58. The largest absolute Gasteiger partial charge is 0.507 e. The van der Waals surface area contributed by atoms with E-state index in [-0.39, 0.29) is 17.1 Å². The Morgan fingerprint density at radius 2 is 1.50 bits per heavy atom. The summed E-state index contributed by atoms with van der Waals surface area (Å²) in [4.78, 5) is 0. The Kier molecular flexibility index (Phi) is 7.79. The normalized spacial score (nSPS) is 8.57. The Morgan fingerprint density at radius 3 is 1.71 bits per heavy atom. The van der Waals surface area contributed by atoms with Gasteiger partial charge in [-0.1, -0.05) is 18.2 Å². The Hall–Kier alpha value is -0.357. The van der Waals surface area contributed by atoms with E-state index in [2.05, 4.69) is 13.8 Å². The maximum absolute atomic E-state index is 9.21. The molecule has 0 unspecified atom stereocenters. The molecule has 1 N–H and O–H groups in total. The number of hydrogen-bond acceptors (Lipinski definition) is 1. The molecule has 1 aromatic carbocycles. The summed E-state index contributed by atoms with van der Waals surface area (Å²) in [6.45, 7) is 8.37. The third kappa shape index (κ3) is 5.39. The molecule has 1 rings (SSSR count). The Morgan fingerprint density at radius 1 is 1.07 bits per heavy atom. The van der Waals surface area contributed by atoms with Gasteiger partial charge in [-0.2, -0.15) is 0 Å². The number of para-hydroxylation sites is 1. The third-order valence-corrected chi connectivity index (χ3v) is 5.11. The number of aromatic hydroxyl groups is 1. The van der Waals surface area contributed by atoms with Gasteiger partial charge in [-0.25, -0.2) is 0 Å². The molecule has 0 aliphatic heterocycles. The minimum absolute atomic E-state index is 0.0972. The molecule has 1 aromatic rings. The van der Waals surface area contributed by atoms with Crippen molar-refractivity contribution < 1.29 is 22.2 Å². The van der Waals surface area contributed by atoms with E-state index in [0.29, 0.717) is 5.75 Å². The molecule has 0 spiro atoms. The van der Waals surface area contributed by atoms with E-state index in [1.54, 1.807) is 0 Å². The second kappa shape index (κ2) is 7.99. The van der Waals surface area contributed by atoms with E-state index >= 15 is 0 Å². The van der Waals surface area contributed by atoms with Gasteiger partial charge in [0.15, 0.2) is 0 Å².